The summed E-state index contributed by atoms with van der Waals surface area (Å²) in [7, 11) is 0. The third-order valence-electron chi connectivity index (χ3n) is 5.24. The molecule has 2 atom stereocenters. The fourth-order valence-electron chi connectivity index (χ4n) is 4.40. The van der Waals surface area contributed by atoms with Crippen molar-refractivity contribution in [3.63, 3.8) is 0 Å². The quantitative estimate of drug-likeness (QED) is 0.723. The molecule has 2 amide bonds. The third-order valence-corrected chi connectivity index (χ3v) is 5.24. The average Bonchev–Trinajstić information content (AvgIpc) is 2.75. The number of carbonyl (C=O) groups excluding carboxylic acids is 2. The van der Waals surface area contributed by atoms with Crippen LogP contribution in [-0.2, 0) is 9.59 Å². The summed E-state index contributed by atoms with van der Waals surface area (Å²) in [6.45, 7) is 0. The highest BCUT2D eigenvalue weighted by molar-refractivity contribution is 6.22. The first-order chi connectivity index (χ1) is 9.27. The van der Waals surface area contributed by atoms with E-state index < -0.39 is 0 Å². The number of imide groups is 1. The molecule has 98 valence electrons. The van der Waals surface area contributed by atoms with Crippen LogP contribution in [0.2, 0.25) is 0 Å². The zero-order valence-electron chi connectivity index (χ0n) is 10.8. The summed E-state index contributed by atoms with van der Waals surface area (Å²) in [6, 6.07) is 9.38. The Morgan fingerprint density at radius 2 is 1.26 bits per heavy atom. The lowest BCUT2D eigenvalue weighted by Crippen LogP contribution is -2.41. The van der Waals surface area contributed by atoms with E-state index in [2.05, 4.69) is 0 Å². The smallest absolute Gasteiger partial charge is 0.237 e. The van der Waals surface area contributed by atoms with E-state index in [1.165, 1.54) is 4.90 Å². The van der Waals surface area contributed by atoms with Gasteiger partial charge in [0.15, 0.2) is 0 Å². The Hall–Kier alpha value is -1.64. The first kappa shape index (κ1) is 11.2. The summed E-state index contributed by atoms with van der Waals surface area (Å²) in [5, 5.41) is 0. The number of para-hydroxylation sites is 1. The number of rotatable bonds is 1. The second-order valence-corrected chi connectivity index (χ2v) is 6.07. The molecule has 1 saturated heterocycles. The summed E-state index contributed by atoms with van der Waals surface area (Å²) in [6.07, 6.45) is 4.53. The van der Waals surface area contributed by atoms with Crippen molar-refractivity contribution in [2.24, 2.45) is 23.7 Å². The molecule has 1 heterocycles. The molecule has 0 spiro atoms. The maximum atomic E-state index is 12.6. The molecule has 3 aliphatic carbocycles. The molecule has 0 N–H and O–H groups in total. The van der Waals surface area contributed by atoms with Crippen molar-refractivity contribution in [1.82, 2.24) is 0 Å². The lowest BCUT2D eigenvalue weighted by Gasteiger charge is -2.42. The first-order valence-electron chi connectivity index (χ1n) is 7.20. The van der Waals surface area contributed by atoms with Crippen molar-refractivity contribution in [2.75, 3.05) is 4.90 Å². The molecule has 1 aliphatic heterocycles. The van der Waals surface area contributed by atoms with Gasteiger partial charge in [-0.15, -0.1) is 0 Å². The minimum atomic E-state index is -0.0276. The Balaban J connectivity index is 1.76. The normalized spacial score (nSPS) is 36.7. The van der Waals surface area contributed by atoms with Gasteiger partial charge in [0.2, 0.25) is 11.8 Å². The SMILES string of the molecule is O=C1[C@@H]2C3CCC(CC3)[C@@H]2C(=O)N1c1ccccc1. The minimum Gasteiger partial charge on any atom is -0.274 e. The van der Waals surface area contributed by atoms with E-state index in [1.54, 1.807) is 0 Å². The highest BCUT2D eigenvalue weighted by Gasteiger charge is 2.58. The summed E-state index contributed by atoms with van der Waals surface area (Å²) in [5.41, 5.74) is 0.742. The molecule has 1 aromatic carbocycles. The minimum absolute atomic E-state index is 0.0276. The Morgan fingerprint density at radius 3 is 1.74 bits per heavy atom. The Labute approximate surface area is 112 Å². The predicted molar refractivity (Wildman–Crippen MR) is 71.4 cm³/mol. The van der Waals surface area contributed by atoms with Crippen LogP contribution in [-0.4, -0.2) is 11.8 Å². The second kappa shape index (κ2) is 3.92. The number of anilines is 1. The van der Waals surface area contributed by atoms with E-state index in [9.17, 15) is 9.59 Å². The van der Waals surface area contributed by atoms with Crippen LogP contribution in [0.1, 0.15) is 25.7 Å². The zero-order valence-corrected chi connectivity index (χ0v) is 10.8. The number of hydrogen-bond donors (Lipinski definition) is 0. The van der Waals surface area contributed by atoms with Crippen LogP contribution in [0.4, 0.5) is 5.69 Å². The maximum Gasteiger partial charge on any atom is 0.237 e. The number of carbonyl (C=O) groups is 2. The van der Waals surface area contributed by atoms with Gasteiger partial charge >= 0.3 is 0 Å². The van der Waals surface area contributed by atoms with Crippen LogP contribution in [0, 0.1) is 23.7 Å². The maximum absolute atomic E-state index is 12.6. The van der Waals surface area contributed by atoms with Crippen molar-refractivity contribution in [1.29, 1.82) is 0 Å². The van der Waals surface area contributed by atoms with Crippen molar-refractivity contribution in [3.8, 4) is 0 Å². The van der Waals surface area contributed by atoms with Gasteiger partial charge in [0, 0.05) is 0 Å². The molecule has 4 fully saturated rings. The van der Waals surface area contributed by atoms with Gasteiger partial charge < -0.3 is 0 Å². The Bertz CT molecular complexity index is 501. The van der Waals surface area contributed by atoms with Crippen LogP contribution in [0.5, 0.6) is 0 Å². The number of hydrogen-bond acceptors (Lipinski definition) is 2. The molecule has 2 bridgehead atoms. The molecule has 5 rings (SSSR count). The number of nitrogens with zero attached hydrogens (tertiary/aromatic N) is 1. The summed E-state index contributed by atoms with van der Waals surface area (Å²) < 4.78 is 0. The highest BCUT2D eigenvalue weighted by atomic mass is 16.2. The molecule has 1 aromatic rings. The van der Waals surface area contributed by atoms with Gasteiger partial charge in [-0.25, -0.2) is 0 Å². The van der Waals surface area contributed by atoms with Crippen molar-refractivity contribution in [2.45, 2.75) is 25.7 Å². The van der Waals surface area contributed by atoms with Crippen molar-refractivity contribution >= 4 is 17.5 Å². The van der Waals surface area contributed by atoms with Gasteiger partial charge in [-0.3, -0.25) is 14.5 Å². The van der Waals surface area contributed by atoms with Crippen LogP contribution in [0.3, 0.4) is 0 Å². The van der Waals surface area contributed by atoms with E-state index in [1.807, 2.05) is 30.3 Å². The molecule has 3 nitrogen and oxygen atoms in total. The Kier molecular flexibility index (Phi) is 2.32. The van der Waals surface area contributed by atoms with E-state index in [0.29, 0.717) is 11.8 Å². The molecule has 19 heavy (non-hydrogen) atoms. The Morgan fingerprint density at radius 1 is 0.789 bits per heavy atom. The van der Waals surface area contributed by atoms with Crippen LogP contribution < -0.4 is 4.90 Å². The second-order valence-electron chi connectivity index (χ2n) is 6.07. The fourth-order valence-corrected chi connectivity index (χ4v) is 4.40. The van der Waals surface area contributed by atoms with Crippen LogP contribution in [0.15, 0.2) is 30.3 Å². The molecule has 3 saturated carbocycles. The topological polar surface area (TPSA) is 37.4 Å². The van der Waals surface area contributed by atoms with Crippen molar-refractivity contribution in [3.05, 3.63) is 30.3 Å². The molecular formula is C16H17NO2. The number of fused-ring (bicyclic) bond motifs is 2. The number of amides is 2. The summed E-state index contributed by atoms with van der Waals surface area (Å²) >= 11 is 0. The van der Waals surface area contributed by atoms with Gasteiger partial charge in [-0.1, -0.05) is 18.2 Å². The molecule has 0 radical (unpaired) electrons. The van der Waals surface area contributed by atoms with Gasteiger partial charge in [-0.2, -0.15) is 0 Å². The molecule has 3 heteroatoms. The predicted octanol–water partition coefficient (Wildman–Crippen LogP) is 2.61. The monoisotopic (exact) mass is 255 g/mol. The summed E-state index contributed by atoms with van der Waals surface area (Å²) in [5.74, 6) is 0.937. The third kappa shape index (κ3) is 1.44. The molecule has 4 aliphatic rings. The van der Waals surface area contributed by atoms with E-state index in [-0.39, 0.29) is 23.7 Å². The van der Waals surface area contributed by atoms with Gasteiger partial charge in [0.1, 0.15) is 0 Å². The molecular weight excluding hydrogens is 238 g/mol. The average molecular weight is 255 g/mol. The fraction of sp³-hybridized carbons (Fsp3) is 0.500. The van der Waals surface area contributed by atoms with Crippen LogP contribution in [0.25, 0.3) is 0 Å². The molecule has 0 unspecified atom stereocenters. The number of benzene rings is 1. The lowest BCUT2D eigenvalue weighted by atomic mass is 9.59. The van der Waals surface area contributed by atoms with Gasteiger partial charge in [-0.05, 0) is 49.7 Å². The van der Waals surface area contributed by atoms with E-state index in [4.69, 9.17) is 0 Å². The van der Waals surface area contributed by atoms with Gasteiger partial charge in [0.05, 0.1) is 17.5 Å². The standard InChI is InChI=1S/C16H17NO2/c18-15-13-10-6-7-11(9-8-10)14(13)16(19)17(15)12-4-2-1-3-5-12/h1-5,10-11,13-14H,6-9H2/t10?,11?,13-,14+. The largest absolute Gasteiger partial charge is 0.274 e. The highest BCUT2D eigenvalue weighted by Crippen LogP contribution is 2.53. The van der Waals surface area contributed by atoms with Crippen molar-refractivity contribution < 1.29 is 9.59 Å². The van der Waals surface area contributed by atoms with Gasteiger partial charge in [0.25, 0.3) is 0 Å². The zero-order chi connectivity index (χ0) is 13.0. The van der Waals surface area contributed by atoms with E-state index in [0.717, 1.165) is 31.4 Å². The first-order valence-corrected chi connectivity index (χ1v) is 7.20. The van der Waals surface area contributed by atoms with Crippen LogP contribution >= 0.6 is 0 Å². The molecule has 0 aromatic heterocycles. The van der Waals surface area contributed by atoms with E-state index >= 15 is 0 Å². The lowest BCUT2D eigenvalue weighted by molar-refractivity contribution is -0.129. The summed E-state index contributed by atoms with van der Waals surface area (Å²) in [4.78, 5) is 26.7.